The minimum Gasteiger partial charge on any atom is -0.309 e. The van der Waals surface area contributed by atoms with Gasteiger partial charge in [0.1, 0.15) is 0 Å². The third-order valence-electron chi connectivity index (χ3n) is 2.40. The van der Waals surface area contributed by atoms with E-state index in [-0.39, 0.29) is 0 Å². The Morgan fingerprint density at radius 3 is 3.08 bits per heavy atom. The molecule has 0 spiro atoms. The van der Waals surface area contributed by atoms with Crippen LogP contribution in [0.3, 0.4) is 0 Å². The maximum atomic E-state index is 4.33. The molecule has 2 heteroatoms. The first-order valence-corrected chi connectivity index (χ1v) is 4.97. The van der Waals surface area contributed by atoms with Gasteiger partial charge in [0.15, 0.2) is 0 Å². The van der Waals surface area contributed by atoms with Crippen LogP contribution >= 0.6 is 12.6 Å². The lowest BCUT2D eigenvalue weighted by atomic mass is 9.95. The average Bonchev–Trinajstić information content (AvgIpc) is 2.17. The van der Waals surface area contributed by atoms with Crippen molar-refractivity contribution in [1.29, 1.82) is 0 Å². The molecule has 1 aliphatic rings. The van der Waals surface area contributed by atoms with Crippen LogP contribution in [0.5, 0.6) is 0 Å². The molecule has 0 aromatic heterocycles. The minimum absolute atomic E-state index is 0.457. The Morgan fingerprint density at radius 2 is 2.25 bits per heavy atom. The fourth-order valence-electron chi connectivity index (χ4n) is 1.76. The first kappa shape index (κ1) is 8.14. The van der Waals surface area contributed by atoms with Crippen LogP contribution in [0.15, 0.2) is 24.3 Å². The third kappa shape index (κ3) is 1.37. The van der Waals surface area contributed by atoms with E-state index >= 15 is 0 Å². The van der Waals surface area contributed by atoms with Crippen LogP contribution in [-0.4, -0.2) is 12.3 Å². The van der Waals surface area contributed by atoms with E-state index in [1.54, 1.807) is 0 Å². The van der Waals surface area contributed by atoms with Gasteiger partial charge in [0.05, 0.1) is 0 Å². The first-order chi connectivity index (χ1) is 5.92. The maximum Gasteiger partial charge on any atom is 0.0412 e. The van der Waals surface area contributed by atoms with Crippen LogP contribution in [0.25, 0.3) is 0 Å². The highest BCUT2D eigenvalue weighted by molar-refractivity contribution is 7.80. The summed E-state index contributed by atoms with van der Waals surface area (Å²) in [5.41, 5.74) is 2.91. The monoisotopic (exact) mass is 179 g/mol. The van der Waals surface area contributed by atoms with Crippen LogP contribution in [0.4, 0.5) is 0 Å². The van der Waals surface area contributed by atoms with E-state index < -0.39 is 0 Å². The third-order valence-corrected chi connectivity index (χ3v) is 2.76. The van der Waals surface area contributed by atoms with Gasteiger partial charge in [0.25, 0.3) is 0 Å². The van der Waals surface area contributed by atoms with Gasteiger partial charge in [-0.25, -0.2) is 0 Å². The molecular weight excluding hydrogens is 166 g/mol. The Morgan fingerprint density at radius 1 is 1.42 bits per heavy atom. The highest BCUT2D eigenvalue weighted by Crippen LogP contribution is 2.22. The smallest absolute Gasteiger partial charge is 0.0412 e. The fraction of sp³-hybridized carbons (Fsp3) is 0.400. The second kappa shape index (κ2) is 3.50. The van der Waals surface area contributed by atoms with E-state index in [1.165, 1.54) is 11.1 Å². The molecule has 64 valence electrons. The van der Waals surface area contributed by atoms with Crippen molar-refractivity contribution in [2.45, 2.75) is 12.5 Å². The van der Waals surface area contributed by atoms with Gasteiger partial charge in [-0.15, -0.1) is 0 Å². The van der Waals surface area contributed by atoms with Crippen molar-refractivity contribution in [3.8, 4) is 0 Å². The predicted molar refractivity (Wildman–Crippen MR) is 54.7 cm³/mol. The van der Waals surface area contributed by atoms with Gasteiger partial charge in [0.2, 0.25) is 0 Å². The highest BCUT2D eigenvalue weighted by atomic mass is 32.1. The zero-order valence-corrected chi connectivity index (χ0v) is 7.85. The molecule has 0 fully saturated rings. The van der Waals surface area contributed by atoms with Crippen molar-refractivity contribution in [3.63, 3.8) is 0 Å². The van der Waals surface area contributed by atoms with E-state index in [0.717, 1.165) is 18.7 Å². The van der Waals surface area contributed by atoms with E-state index in [4.69, 9.17) is 0 Å². The predicted octanol–water partition coefficient (Wildman–Crippen LogP) is 1.80. The standard InChI is InChI=1S/C10H13NS/c12-7-10-9-4-2-1-3-8(9)5-6-11-10/h1-4,10-12H,5-7H2. The summed E-state index contributed by atoms with van der Waals surface area (Å²) in [7, 11) is 0. The largest absolute Gasteiger partial charge is 0.309 e. The van der Waals surface area contributed by atoms with Gasteiger partial charge < -0.3 is 5.32 Å². The summed E-state index contributed by atoms with van der Waals surface area (Å²) in [6.07, 6.45) is 1.15. The number of hydrogen-bond acceptors (Lipinski definition) is 2. The van der Waals surface area contributed by atoms with E-state index in [0.29, 0.717) is 6.04 Å². The van der Waals surface area contributed by atoms with Crippen molar-refractivity contribution in [2.75, 3.05) is 12.3 Å². The molecule has 0 amide bonds. The molecule has 12 heavy (non-hydrogen) atoms. The van der Waals surface area contributed by atoms with E-state index in [1.807, 2.05) is 0 Å². The molecule has 1 aliphatic heterocycles. The van der Waals surface area contributed by atoms with Crippen LogP contribution in [0.2, 0.25) is 0 Å². The molecule has 1 N–H and O–H groups in total. The van der Waals surface area contributed by atoms with Gasteiger partial charge in [-0.1, -0.05) is 24.3 Å². The molecule has 1 aromatic rings. The first-order valence-electron chi connectivity index (χ1n) is 4.34. The quantitative estimate of drug-likeness (QED) is 0.626. The number of rotatable bonds is 1. The van der Waals surface area contributed by atoms with Crippen molar-refractivity contribution >= 4 is 12.6 Å². The Kier molecular flexibility index (Phi) is 2.38. The van der Waals surface area contributed by atoms with Gasteiger partial charge in [-0.05, 0) is 24.1 Å². The Balaban J connectivity index is 2.37. The number of benzene rings is 1. The molecule has 0 saturated heterocycles. The highest BCUT2D eigenvalue weighted by Gasteiger charge is 2.16. The normalized spacial score (nSPS) is 21.9. The summed E-state index contributed by atoms with van der Waals surface area (Å²) < 4.78 is 0. The molecule has 0 saturated carbocycles. The van der Waals surface area contributed by atoms with Crippen LogP contribution in [0, 0.1) is 0 Å². The van der Waals surface area contributed by atoms with Gasteiger partial charge in [0, 0.05) is 11.8 Å². The van der Waals surface area contributed by atoms with E-state index in [9.17, 15) is 0 Å². The Hall–Kier alpha value is -0.470. The summed E-state index contributed by atoms with van der Waals surface area (Å²) in [4.78, 5) is 0. The minimum atomic E-state index is 0.457. The van der Waals surface area contributed by atoms with Crippen molar-refractivity contribution in [1.82, 2.24) is 5.32 Å². The summed E-state index contributed by atoms with van der Waals surface area (Å²) in [5, 5.41) is 3.45. The number of hydrogen-bond donors (Lipinski definition) is 2. The lowest BCUT2D eigenvalue weighted by Crippen LogP contribution is -2.30. The Labute approximate surface area is 78.6 Å². The Bertz CT molecular complexity index is 272. The fourth-order valence-corrected chi connectivity index (χ4v) is 2.08. The molecule has 2 rings (SSSR count). The summed E-state index contributed by atoms with van der Waals surface area (Å²) >= 11 is 4.33. The van der Waals surface area contributed by atoms with Crippen molar-refractivity contribution < 1.29 is 0 Å². The molecule has 1 unspecified atom stereocenters. The molecule has 1 heterocycles. The van der Waals surface area contributed by atoms with Crippen LogP contribution < -0.4 is 5.32 Å². The molecule has 1 aromatic carbocycles. The lowest BCUT2D eigenvalue weighted by Gasteiger charge is -2.25. The molecule has 0 aliphatic carbocycles. The van der Waals surface area contributed by atoms with Gasteiger partial charge in [-0.3, -0.25) is 0 Å². The summed E-state index contributed by atoms with van der Waals surface area (Å²) in [6.45, 7) is 1.09. The molecular formula is C10H13NS. The molecule has 0 radical (unpaired) electrons. The van der Waals surface area contributed by atoms with Crippen LogP contribution in [-0.2, 0) is 6.42 Å². The van der Waals surface area contributed by atoms with Crippen molar-refractivity contribution in [2.24, 2.45) is 0 Å². The average molecular weight is 179 g/mol. The topological polar surface area (TPSA) is 12.0 Å². The lowest BCUT2D eigenvalue weighted by molar-refractivity contribution is 0.548. The molecule has 1 atom stereocenters. The van der Waals surface area contributed by atoms with Crippen LogP contribution in [0.1, 0.15) is 17.2 Å². The van der Waals surface area contributed by atoms with E-state index in [2.05, 4.69) is 42.2 Å². The number of thiol groups is 1. The number of nitrogens with one attached hydrogen (secondary N) is 1. The van der Waals surface area contributed by atoms with Crippen molar-refractivity contribution in [3.05, 3.63) is 35.4 Å². The zero-order valence-electron chi connectivity index (χ0n) is 6.96. The molecule has 1 nitrogen and oxygen atoms in total. The second-order valence-electron chi connectivity index (χ2n) is 3.14. The summed E-state index contributed by atoms with van der Waals surface area (Å²) in [6, 6.07) is 9.08. The van der Waals surface area contributed by atoms with Gasteiger partial charge >= 0.3 is 0 Å². The zero-order chi connectivity index (χ0) is 8.39. The second-order valence-corrected chi connectivity index (χ2v) is 3.50. The van der Waals surface area contributed by atoms with Gasteiger partial charge in [-0.2, -0.15) is 12.6 Å². The molecule has 0 bridgehead atoms. The SMILES string of the molecule is SCC1NCCc2ccccc21. The maximum absolute atomic E-state index is 4.33. The summed E-state index contributed by atoms with van der Waals surface area (Å²) in [5.74, 6) is 0.886. The number of fused-ring (bicyclic) bond motifs is 1.